The molecule has 0 radical (unpaired) electrons. The highest BCUT2D eigenvalue weighted by Gasteiger charge is 2.48. The molecule has 0 unspecified atom stereocenters. The first kappa shape index (κ1) is 14.9. The van der Waals surface area contributed by atoms with Gasteiger partial charge in [-0.25, -0.2) is 4.79 Å². The van der Waals surface area contributed by atoms with E-state index in [-0.39, 0.29) is 6.09 Å². The van der Waals surface area contributed by atoms with Gasteiger partial charge in [0.15, 0.2) is 0 Å². The largest absolute Gasteiger partial charge is 0.444 e. The molecule has 0 bridgehead atoms. The Labute approximate surface area is 126 Å². The van der Waals surface area contributed by atoms with E-state index in [0.29, 0.717) is 19.5 Å². The molecule has 2 rings (SSSR count). The maximum absolute atomic E-state index is 12.0. The van der Waals surface area contributed by atoms with Gasteiger partial charge in [0.25, 0.3) is 0 Å². The summed E-state index contributed by atoms with van der Waals surface area (Å²) in [6.07, 6.45) is 3.46. The van der Waals surface area contributed by atoms with Crippen molar-refractivity contribution in [2.24, 2.45) is 0 Å². The smallest absolute Gasteiger partial charge is 0.410 e. The summed E-state index contributed by atoms with van der Waals surface area (Å²) in [6, 6.07) is 2.17. The molecule has 108 valence electrons. The Bertz CT molecular complexity index is 549. The van der Waals surface area contributed by atoms with E-state index in [0.717, 1.165) is 4.47 Å². The Morgan fingerprint density at radius 1 is 1.60 bits per heavy atom. The molecule has 1 aromatic heterocycles. The van der Waals surface area contributed by atoms with E-state index in [1.807, 2.05) is 27.0 Å². The van der Waals surface area contributed by atoms with Crippen molar-refractivity contribution in [2.45, 2.75) is 38.3 Å². The van der Waals surface area contributed by atoms with E-state index in [1.165, 1.54) is 0 Å². The first-order chi connectivity index (χ1) is 9.26. The van der Waals surface area contributed by atoms with Crippen LogP contribution in [0.1, 0.15) is 27.2 Å². The van der Waals surface area contributed by atoms with Gasteiger partial charge in [-0.05, 0) is 36.7 Å². The van der Waals surface area contributed by atoms with Gasteiger partial charge in [-0.3, -0.25) is 4.68 Å². The number of hydrogen-bond donors (Lipinski definition) is 0. The van der Waals surface area contributed by atoms with Gasteiger partial charge in [0.1, 0.15) is 11.1 Å². The number of amides is 1. The van der Waals surface area contributed by atoms with Crippen LogP contribution in [0.25, 0.3) is 0 Å². The molecule has 0 spiro atoms. The summed E-state index contributed by atoms with van der Waals surface area (Å²) in [5, 5.41) is 13.2. The van der Waals surface area contributed by atoms with E-state index >= 15 is 0 Å². The van der Waals surface area contributed by atoms with Gasteiger partial charge >= 0.3 is 6.09 Å². The number of likely N-dealkylation sites (tertiary alicyclic amines) is 1. The van der Waals surface area contributed by atoms with Gasteiger partial charge < -0.3 is 9.64 Å². The average molecular weight is 341 g/mol. The number of ether oxygens (including phenoxy) is 1. The number of nitrogens with zero attached hydrogens (tertiary/aromatic N) is 4. The van der Waals surface area contributed by atoms with Crippen LogP contribution in [0.5, 0.6) is 0 Å². The fourth-order valence-corrected chi connectivity index (χ4v) is 2.45. The van der Waals surface area contributed by atoms with E-state index in [1.54, 1.807) is 15.8 Å². The van der Waals surface area contributed by atoms with Crippen LogP contribution in [0.4, 0.5) is 4.79 Å². The van der Waals surface area contributed by atoms with Crippen LogP contribution in [0.15, 0.2) is 16.9 Å². The predicted molar refractivity (Wildman–Crippen MR) is 75.9 cm³/mol. The molecule has 1 saturated heterocycles. The van der Waals surface area contributed by atoms with Crippen LogP contribution >= 0.6 is 15.9 Å². The molecule has 20 heavy (non-hydrogen) atoms. The molecule has 0 saturated carbocycles. The van der Waals surface area contributed by atoms with Crippen molar-refractivity contribution < 1.29 is 9.53 Å². The van der Waals surface area contributed by atoms with Gasteiger partial charge in [-0.1, -0.05) is 0 Å². The lowest BCUT2D eigenvalue weighted by molar-refractivity contribution is -0.0314. The maximum atomic E-state index is 12.0. The lowest BCUT2D eigenvalue weighted by Gasteiger charge is -2.48. The molecule has 7 heteroatoms. The maximum Gasteiger partial charge on any atom is 0.410 e. The number of hydrogen-bond acceptors (Lipinski definition) is 4. The van der Waals surface area contributed by atoms with E-state index < -0.39 is 11.1 Å². The lowest BCUT2D eigenvalue weighted by Crippen LogP contribution is -2.64. The first-order valence-electron chi connectivity index (χ1n) is 6.31. The molecular formula is C13H17BrN4O2. The highest BCUT2D eigenvalue weighted by atomic mass is 79.9. The molecule has 1 fully saturated rings. The summed E-state index contributed by atoms with van der Waals surface area (Å²) < 4.78 is 7.92. The highest BCUT2D eigenvalue weighted by Crippen LogP contribution is 2.33. The van der Waals surface area contributed by atoms with Gasteiger partial charge in [0.2, 0.25) is 0 Å². The van der Waals surface area contributed by atoms with Gasteiger partial charge in [0.05, 0.1) is 36.2 Å². The molecule has 0 atom stereocenters. The average Bonchev–Trinajstić information content (AvgIpc) is 2.67. The Balaban J connectivity index is 2.07. The Kier molecular flexibility index (Phi) is 3.78. The minimum absolute atomic E-state index is 0.306. The zero-order valence-corrected chi connectivity index (χ0v) is 13.3. The minimum atomic E-state index is -0.515. The number of rotatable bonds is 2. The van der Waals surface area contributed by atoms with Crippen molar-refractivity contribution in [3.05, 3.63) is 16.9 Å². The second-order valence-corrected chi connectivity index (χ2v) is 6.91. The predicted octanol–water partition coefficient (Wildman–Crippen LogP) is 2.51. The monoisotopic (exact) mass is 340 g/mol. The molecule has 1 amide bonds. The Morgan fingerprint density at radius 2 is 2.25 bits per heavy atom. The van der Waals surface area contributed by atoms with Crippen LogP contribution in [0, 0.1) is 11.3 Å². The van der Waals surface area contributed by atoms with E-state index in [9.17, 15) is 4.79 Å². The normalized spacial score (nSPS) is 17.2. The summed E-state index contributed by atoms with van der Waals surface area (Å²) in [5.41, 5.74) is -0.961. The van der Waals surface area contributed by atoms with Gasteiger partial charge in [0, 0.05) is 6.20 Å². The van der Waals surface area contributed by atoms with Crippen LogP contribution in [-0.4, -0.2) is 39.5 Å². The third kappa shape index (κ3) is 2.96. The van der Waals surface area contributed by atoms with Crippen LogP contribution in [0.3, 0.4) is 0 Å². The fourth-order valence-electron chi connectivity index (χ4n) is 2.16. The molecule has 6 nitrogen and oxygen atoms in total. The summed E-state index contributed by atoms with van der Waals surface area (Å²) in [6.45, 7) is 6.36. The quantitative estimate of drug-likeness (QED) is 0.829. The molecule has 1 aliphatic heterocycles. The Hall–Kier alpha value is -1.55. The van der Waals surface area contributed by atoms with Crippen molar-refractivity contribution in [1.29, 1.82) is 5.26 Å². The molecule has 0 N–H and O–H groups in total. The second kappa shape index (κ2) is 5.09. The van der Waals surface area contributed by atoms with Crippen LogP contribution in [-0.2, 0) is 10.3 Å². The number of aromatic nitrogens is 2. The van der Waals surface area contributed by atoms with Crippen molar-refractivity contribution in [3.63, 3.8) is 0 Å². The number of carbonyl (C=O) groups excluding carboxylic acids is 1. The van der Waals surface area contributed by atoms with Crippen molar-refractivity contribution in [3.8, 4) is 6.07 Å². The zero-order valence-electron chi connectivity index (χ0n) is 11.8. The second-order valence-electron chi connectivity index (χ2n) is 6.00. The standard InChI is InChI=1S/C13H17BrN4O2/c1-12(2,3)20-11(19)17-8-13(9-17,4-5-15)18-7-10(14)6-16-18/h6-7H,4,8-9H2,1-3H3. The molecule has 0 aliphatic carbocycles. The fraction of sp³-hybridized carbons (Fsp3) is 0.615. The van der Waals surface area contributed by atoms with E-state index in [4.69, 9.17) is 10.00 Å². The summed E-state index contributed by atoms with van der Waals surface area (Å²) in [4.78, 5) is 13.5. The molecule has 2 heterocycles. The van der Waals surface area contributed by atoms with Crippen LogP contribution in [0.2, 0.25) is 0 Å². The highest BCUT2D eigenvalue weighted by molar-refractivity contribution is 9.10. The number of nitriles is 1. The van der Waals surface area contributed by atoms with Crippen molar-refractivity contribution >= 4 is 22.0 Å². The number of carbonyl (C=O) groups is 1. The third-order valence-corrected chi connectivity index (χ3v) is 3.48. The molecule has 1 aliphatic rings. The molecular weight excluding hydrogens is 324 g/mol. The first-order valence-corrected chi connectivity index (χ1v) is 7.11. The summed E-state index contributed by atoms with van der Waals surface area (Å²) >= 11 is 3.34. The minimum Gasteiger partial charge on any atom is -0.444 e. The van der Waals surface area contributed by atoms with Gasteiger partial charge in [-0.2, -0.15) is 10.4 Å². The van der Waals surface area contributed by atoms with E-state index in [2.05, 4.69) is 27.1 Å². The zero-order chi connectivity index (χ0) is 15.0. The van der Waals surface area contributed by atoms with Crippen molar-refractivity contribution in [2.75, 3.05) is 13.1 Å². The number of halogens is 1. The summed E-state index contributed by atoms with van der Waals surface area (Å²) in [5.74, 6) is 0. The SMILES string of the molecule is CC(C)(C)OC(=O)N1CC(CC#N)(n2cc(Br)cn2)C1. The van der Waals surface area contributed by atoms with Crippen LogP contribution < -0.4 is 0 Å². The Morgan fingerprint density at radius 3 is 2.70 bits per heavy atom. The topological polar surface area (TPSA) is 71.2 Å². The molecule has 0 aromatic carbocycles. The summed E-state index contributed by atoms with van der Waals surface area (Å²) in [7, 11) is 0. The molecule has 1 aromatic rings. The van der Waals surface area contributed by atoms with Crippen molar-refractivity contribution in [1.82, 2.24) is 14.7 Å². The lowest BCUT2D eigenvalue weighted by atomic mass is 9.87. The van der Waals surface area contributed by atoms with Gasteiger partial charge in [-0.15, -0.1) is 0 Å². The third-order valence-electron chi connectivity index (χ3n) is 3.07.